The van der Waals surface area contributed by atoms with Crippen molar-refractivity contribution in [1.29, 1.82) is 0 Å². The van der Waals surface area contributed by atoms with Gasteiger partial charge in [-0.1, -0.05) is 38.1 Å². The molecule has 0 atom stereocenters. The van der Waals surface area contributed by atoms with E-state index in [0.717, 1.165) is 32.0 Å². The van der Waals surface area contributed by atoms with Crippen LogP contribution >= 0.6 is 0 Å². The van der Waals surface area contributed by atoms with Gasteiger partial charge in [-0.2, -0.15) is 0 Å². The normalized spacial score (nSPS) is 15.6. The number of benzene rings is 1. The summed E-state index contributed by atoms with van der Waals surface area (Å²) in [7, 11) is 0. The van der Waals surface area contributed by atoms with Gasteiger partial charge in [-0.3, -0.25) is 4.90 Å². The van der Waals surface area contributed by atoms with E-state index in [0.29, 0.717) is 5.92 Å². The Morgan fingerprint density at radius 2 is 1.94 bits per heavy atom. The number of hydrogen-bond acceptors (Lipinski definition) is 2. The average molecular weight is 245 g/mol. The molecule has 0 N–H and O–H groups in total. The molecule has 0 radical (unpaired) electrons. The molecule has 0 saturated heterocycles. The highest BCUT2D eigenvalue weighted by Gasteiger charge is 2.10. The summed E-state index contributed by atoms with van der Waals surface area (Å²) in [5, 5.41) is 0. The Labute approximate surface area is 110 Å². The summed E-state index contributed by atoms with van der Waals surface area (Å²) in [6.07, 6.45) is 4.43. The van der Waals surface area contributed by atoms with Crippen molar-refractivity contribution in [2.75, 3.05) is 26.2 Å². The Balaban J connectivity index is 1.92. The van der Waals surface area contributed by atoms with Crippen molar-refractivity contribution in [3.8, 4) is 5.75 Å². The lowest BCUT2D eigenvalue weighted by molar-refractivity contribution is 0.241. The Morgan fingerprint density at radius 1 is 1.22 bits per heavy atom. The van der Waals surface area contributed by atoms with E-state index in [1.54, 1.807) is 0 Å². The van der Waals surface area contributed by atoms with Crippen LogP contribution < -0.4 is 4.74 Å². The van der Waals surface area contributed by atoms with Gasteiger partial charge in [-0.25, -0.2) is 0 Å². The highest BCUT2D eigenvalue weighted by Crippen LogP contribution is 2.27. The van der Waals surface area contributed by atoms with Gasteiger partial charge in [0, 0.05) is 19.6 Å². The molecule has 0 aromatic heterocycles. The first-order valence-electron chi connectivity index (χ1n) is 6.77. The molecule has 0 unspecified atom stereocenters. The minimum atomic E-state index is 0.508. The van der Waals surface area contributed by atoms with Gasteiger partial charge in [-0.15, -0.1) is 0 Å². The number of nitrogens with zero attached hydrogens (tertiary/aromatic N) is 1. The summed E-state index contributed by atoms with van der Waals surface area (Å²) < 4.78 is 5.97. The lowest BCUT2D eigenvalue weighted by Crippen LogP contribution is -2.25. The number of ether oxygens (including phenoxy) is 1. The molecule has 2 rings (SSSR count). The van der Waals surface area contributed by atoms with Crippen molar-refractivity contribution < 1.29 is 4.74 Å². The molecular formula is C16H23NO. The van der Waals surface area contributed by atoms with Gasteiger partial charge in [0.15, 0.2) is 0 Å². The number of aryl methyl sites for hydroxylation is 1. The maximum absolute atomic E-state index is 5.97. The van der Waals surface area contributed by atoms with Crippen molar-refractivity contribution in [2.45, 2.75) is 26.7 Å². The number of rotatable bonds is 5. The standard InChI is InChI=1S/C16H23NO/c1-13(2)15-7-6-14(3)12-16(15)18-11-10-17-8-4-5-9-17/h4-7,12-13H,8-11H2,1-3H3. The van der Waals surface area contributed by atoms with Gasteiger partial charge in [0.25, 0.3) is 0 Å². The summed E-state index contributed by atoms with van der Waals surface area (Å²) in [4.78, 5) is 2.38. The second-order valence-electron chi connectivity index (χ2n) is 5.28. The van der Waals surface area contributed by atoms with Crippen molar-refractivity contribution in [2.24, 2.45) is 0 Å². The van der Waals surface area contributed by atoms with Gasteiger partial charge in [-0.05, 0) is 30.0 Å². The molecule has 1 aromatic rings. The molecule has 2 nitrogen and oxygen atoms in total. The molecule has 1 aliphatic heterocycles. The Hall–Kier alpha value is -1.28. The molecule has 1 heterocycles. The van der Waals surface area contributed by atoms with E-state index in [1.165, 1.54) is 11.1 Å². The van der Waals surface area contributed by atoms with Gasteiger partial charge in [0.05, 0.1) is 0 Å². The minimum absolute atomic E-state index is 0.508. The SMILES string of the molecule is Cc1ccc(C(C)C)c(OCCN2CC=CC2)c1. The predicted molar refractivity (Wildman–Crippen MR) is 76.3 cm³/mol. The summed E-state index contributed by atoms with van der Waals surface area (Å²) >= 11 is 0. The molecule has 0 fully saturated rings. The van der Waals surface area contributed by atoms with E-state index in [4.69, 9.17) is 4.74 Å². The summed E-state index contributed by atoms with van der Waals surface area (Å²) in [6, 6.07) is 6.50. The Kier molecular flexibility index (Phi) is 4.43. The summed E-state index contributed by atoms with van der Waals surface area (Å²) in [6.45, 7) is 10.4. The van der Waals surface area contributed by atoms with E-state index < -0.39 is 0 Å². The van der Waals surface area contributed by atoms with Gasteiger partial charge >= 0.3 is 0 Å². The lowest BCUT2D eigenvalue weighted by atomic mass is 10.0. The zero-order valence-electron chi connectivity index (χ0n) is 11.6. The third-order valence-corrected chi connectivity index (χ3v) is 3.35. The first-order valence-corrected chi connectivity index (χ1v) is 6.77. The number of hydrogen-bond donors (Lipinski definition) is 0. The molecule has 0 spiro atoms. The van der Waals surface area contributed by atoms with Crippen LogP contribution in [0.15, 0.2) is 30.4 Å². The molecule has 1 aliphatic rings. The summed E-state index contributed by atoms with van der Waals surface area (Å²) in [5.41, 5.74) is 2.57. The fourth-order valence-corrected chi connectivity index (χ4v) is 2.23. The first kappa shape index (κ1) is 13.2. The molecular weight excluding hydrogens is 222 g/mol. The topological polar surface area (TPSA) is 12.5 Å². The molecule has 18 heavy (non-hydrogen) atoms. The van der Waals surface area contributed by atoms with Gasteiger partial charge in [0.1, 0.15) is 12.4 Å². The van der Waals surface area contributed by atoms with Crippen LogP contribution in [0.5, 0.6) is 5.75 Å². The highest BCUT2D eigenvalue weighted by molar-refractivity contribution is 5.39. The molecule has 98 valence electrons. The van der Waals surface area contributed by atoms with Crippen LogP contribution in [0.25, 0.3) is 0 Å². The Bertz CT molecular complexity index is 415. The second kappa shape index (κ2) is 6.05. The first-order chi connectivity index (χ1) is 8.66. The largest absolute Gasteiger partial charge is 0.492 e. The van der Waals surface area contributed by atoms with Crippen molar-refractivity contribution >= 4 is 0 Å². The van der Waals surface area contributed by atoms with Gasteiger partial charge < -0.3 is 4.74 Å². The highest BCUT2D eigenvalue weighted by atomic mass is 16.5. The second-order valence-corrected chi connectivity index (χ2v) is 5.28. The van der Waals surface area contributed by atoms with Gasteiger partial charge in [0.2, 0.25) is 0 Å². The van der Waals surface area contributed by atoms with Crippen LogP contribution in [0.1, 0.15) is 30.9 Å². The van der Waals surface area contributed by atoms with Crippen LogP contribution in [-0.4, -0.2) is 31.1 Å². The molecule has 0 amide bonds. The van der Waals surface area contributed by atoms with Crippen LogP contribution in [0.3, 0.4) is 0 Å². The molecule has 0 bridgehead atoms. The summed E-state index contributed by atoms with van der Waals surface area (Å²) in [5.74, 6) is 1.56. The smallest absolute Gasteiger partial charge is 0.123 e. The van der Waals surface area contributed by atoms with E-state index in [9.17, 15) is 0 Å². The van der Waals surface area contributed by atoms with Crippen LogP contribution in [-0.2, 0) is 0 Å². The monoisotopic (exact) mass is 245 g/mol. The lowest BCUT2D eigenvalue weighted by Gasteiger charge is -2.18. The quantitative estimate of drug-likeness (QED) is 0.737. The Morgan fingerprint density at radius 3 is 2.61 bits per heavy atom. The van der Waals surface area contributed by atoms with Crippen molar-refractivity contribution in [3.05, 3.63) is 41.5 Å². The minimum Gasteiger partial charge on any atom is -0.492 e. The third kappa shape index (κ3) is 3.36. The maximum atomic E-state index is 5.97. The molecule has 2 heteroatoms. The zero-order valence-corrected chi connectivity index (χ0v) is 11.6. The van der Waals surface area contributed by atoms with E-state index in [1.807, 2.05) is 0 Å². The molecule has 1 aromatic carbocycles. The zero-order chi connectivity index (χ0) is 13.0. The van der Waals surface area contributed by atoms with Crippen LogP contribution in [0.4, 0.5) is 0 Å². The fourth-order valence-electron chi connectivity index (χ4n) is 2.23. The van der Waals surface area contributed by atoms with Crippen molar-refractivity contribution in [3.63, 3.8) is 0 Å². The third-order valence-electron chi connectivity index (χ3n) is 3.35. The van der Waals surface area contributed by atoms with E-state index in [-0.39, 0.29) is 0 Å². The van der Waals surface area contributed by atoms with Crippen LogP contribution in [0.2, 0.25) is 0 Å². The van der Waals surface area contributed by atoms with E-state index in [2.05, 4.69) is 56.0 Å². The molecule has 0 aliphatic carbocycles. The maximum Gasteiger partial charge on any atom is 0.123 e. The predicted octanol–water partition coefficient (Wildman–Crippen LogP) is 3.37. The van der Waals surface area contributed by atoms with E-state index >= 15 is 0 Å². The van der Waals surface area contributed by atoms with Crippen LogP contribution in [0, 0.1) is 6.92 Å². The fraction of sp³-hybridized carbons (Fsp3) is 0.500. The molecule has 0 saturated carbocycles. The van der Waals surface area contributed by atoms with Crippen molar-refractivity contribution in [1.82, 2.24) is 4.90 Å². The average Bonchev–Trinajstić information content (AvgIpc) is 2.82.